The fraction of sp³-hybridized carbons (Fsp3) is 0.348. The molecule has 0 amide bonds. The van der Waals surface area contributed by atoms with E-state index in [1.807, 2.05) is 49.1 Å². The van der Waals surface area contributed by atoms with Crippen LogP contribution in [0.25, 0.3) is 6.08 Å². The number of nitrogens with zero attached hydrogens (tertiary/aromatic N) is 1. The lowest BCUT2D eigenvalue weighted by molar-refractivity contribution is 0.0633. The van der Waals surface area contributed by atoms with E-state index in [0.717, 1.165) is 22.3 Å². The molecule has 0 saturated carbocycles. The predicted octanol–water partition coefficient (Wildman–Crippen LogP) is 3.26. The van der Waals surface area contributed by atoms with Crippen LogP contribution >= 0.6 is 0 Å². The molecule has 0 aromatic heterocycles. The molecule has 3 aliphatic heterocycles. The number of Topliss-reactive ketones (excluding diaryl/α,β-unsaturated/α-hetero) is 1. The second kappa shape index (κ2) is 6.96. The molecule has 0 N–H and O–H groups in total. The zero-order valence-corrected chi connectivity index (χ0v) is 17.8. The second-order valence-electron chi connectivity index (χ2n) is 8.25. The van der Waals surface area contributed by atoms with Crippen molar-refractivity contribution >= 4 is 21.7 Å². The van der Waals surface area contributed by atoms with Crippen molar-refractivity contribution in [2.75, 3.05) is 18.2 Å². The highest BCUT2D eigenvalue weighted by molar-refractivity contribution is 7.91. The van der Waals surface area contributed by atoms with Crippen molar-refractivity contribution < 1.29 is 22.7 Å². The van der Waals surface area contributed by atoms with Crippen molar-refractivity contribution in [3.05, 3.63) is 63.9 Å². The average molecular weight is 426 g/mol. The third-order valence-corrected chi connectivity index (χ3v) is 7.90. The molecular weight excluding hydrogens is 402 g/mol. The molecule has 3 heterocycles. The molecule has 5 rings (SSSR count). The summed E-state index contributed by atoms with van der Waals surface area (Å²) in [6.45, 7) is 4.72. The van der Waals surface area contributed by atoms with E-state index in [9.17, 15) is 13.2 Å². The molecule has 0 aliphatic carbocycles. The van der Waals surface area contributed by atoms with Gasteiger partial charge in [-0.3, -0.25) is 9.69 Å². The van der Waals surface area contributed by atoms with Crippen LogP contribution in [0, 0.1) is 13.8 Å². The highest BCUT2D eigenvalue weighted by atomic mass is 32.2. The van der Waals surface area contributed by atoms with Gasteiger partial charge in [0.15, 0.2) is 15.6 Å². The number of benzene rings is 2. The third-order valence-electron chi connectivity index (χ3n) is 6.15. The van der Waals surface area contributed by atoms with E-state index in [-0.39, 0.29) is 23.3 Å². The predicted molar refractivity (Wildman–Crippen MR) is 113 cm³/mol. The van der Waals surface area contributed by atoms with Crippen molar-refractivity contribution in [3.63, 3.8) is 0 Å². The molecule has 2 aromatic rings. The zero-order chi connectivity index (χ0) is 21.0. The van der Waals surface area contributed by atoms with Gasteiger partial charge in [0.1, 0.15) is 18.2 Å². The van der Waals surface area contributed by atoms with Crippen molar-refractivity contribution in [2.45, 2.75) is 32.9 Å². The van der Waals surface area contributed by atoms with Gasteiger partial charge >= 0.3 is 0 Å². The van der Waals surface area contributed by atoms with Gasteiger partial charge in [0, 0.05) is 12.6 Å². The summed E-state index contributed by atoms with van der Waals surface area (Å²) in [5.74, 6) is 1.78. The minimum Gasteiger partial charge on any atom is -0.478 e. The van der Waals surface area contributed by atoms with E-state index >= 15 is 0 Å². The first-order valence-corrected chi connectivity index (χ1v) is 11.9. The number of rotatable bonds is 2. The van der Waals surface area contributed by atoms with Crippen LogP contribution in [-0.4, -0.2) is 43.4 Å². The molecule has 156 valence electrons. The fourth-order valence-electron chi connectivity index (χ4n) is 4.43. The van der Waals surface area contributed by atoms with Crippen LogP contribution < -0.4 is 9.47 Å². The largest absolute Gasteiger partial charge is 0.478 e. The van der Waals surface area contributed by atoms with Gasteiger partial charge in [-0.05, 0) is 49.1 Å². The molecule has 7 heteroatoms. The van der Waals surface area contributed by atoms with Crippen molar-refractivity contribution in [3.8, 4) is 11.5 Å². The topological polar surface area (TPSA) is 72.9 Å². The van der Waals surface area contributed by atoms with Crippen LogP contribution in [0.1, 0.15) is 39.0 Å². The van der Waals surface area contributed by atoms with Crippen LogP contribution in [0.3, 0.4) is 0 Å². The minimum absolute atomic E-state index is 0.0702. The van der Waals surface area contributed by atoms with Crippen molar-refractivity contribution in [1.82, 2.24) is 4.90 Å². The Bertz CT molecular complexity index is 1200. The maximum absolute atomic E-state index is 13.1. The van der Waals surface area contributed by atoms with Crippen LogP contribution in [-0.2, 0) is 16.4 Å². The quantitative estimate of drug-likeness (QED) is 0.688. The van der Waals surface area contributed by atoms with Gasteiger partial charge in [-0.2, -0.15) is 0 Å². The maximum Gasteiger partial charge on any atom is 0.232 e. The average Bonchev–Trinajstić information content (AvgIpc) is 3.24. The van der Waals surface area contributed by atoms with Gasteiger partial charge in [0.2, 0.25) is 5.78 Å². The summed E-state index contributed by atoms with van der Waals surface area (Å²) in [5.41, 5.74) is 4.20. The smallest absolute Gasteiger partial charge is 0.232 e. The molecule has 1 atom stereocenters. The first-order chi connectivity index (χ1) is 14.3. The summed E-state index contributed by atoms with van der Waals surface area (Å²) < 4.78 is 35.9. The number of carbonyl (C=O) groups is 1. The number of ether oxygens (including phenoxy) is 2. The van der Waals surface area contributed by atoms with E-state index < -0.39 is 9.84 Å². The summed E-state index contributed by atoms with van der Waals surface area (Å²) in [6, 6.07) is 9.65. The standard InChI is InChI=1S/C23H23NO5S/c1-14-5-3-4-6-16(14)10-20-22(25)21-15(2)9-19-18(23(21)29-20)11-24(13-28-19)17-7-8-30(26,27)12-17/h3-6,9-10,17H,7-8,11-13H2,1-2H3/b20-10-. The molecule has 2 aromatic carbocycles. The summed E-state index contributed by atoms with van der Waals surface area (Å²) in [4.78, 5) is 15.1. The number of allylic oxidation sites excluding steroid dienone is 1. The second-order valence-corrected chi connectivity index (χ2v) is 10.5. The van der Waals surface area contributed by atoms with Gasteiger partial charge in [-0.15, -0.1) is 0 Å². The monoisotopic (exact) mass is 425 g/mol. The van der Waals surface area contributed by atoms with Crippen LogP contribution in [0.15, 0.2) is 36.1 Å². The van der Waals surface area contributed by atoms with E-state index in [1.165, 1.54) is 0 Å². The maximum atomic E-state index is 13.1. The SMILES string of the molecule is Cc1ccccc1/C=C1\Oc2c3c(cc(C)c2C1=O)OCN(C1CCS(=O)(=O)C1)C3. The molecule has 0 radical (unpaired) electrons. The number of hydrogen-bond donors (Lipinski definition) is 0. The Morgan fingerprint density at radius 1 is 1.17 bits per heavy atom. The lowest BCUT2D eigenvalue weighted by Gasteiger charge is -2.33. The van der Waals surface area contributed by atoms with E-state index in [0.29, 0.717) is 42.5 Å². The van der Waals surface area contributed by atoms with Crippen molar-refractivity contribution in [1.29, 1.82) is 0 Å². The highest BCUT2D eigenvalue weighted by Gasteiger charge is 2.39. The Morgan fingerprint density at radius 3 is 2.70 bits per heavy atom. The number of aryl methyl sites for hydroxylation is 2. The van der Waals surface area contributed by atoms with E-state index in [4.69, 9.17) is 9.47 Å². The Hall–Kier alpha value is -2.64. The van der Waals surface area contributed by atoms with Gasteiger partial charge in [-0.1, -0.05) is 24.3 Å². The molecule has 1 unspecified atom stereocenters. The Morgan fingerprint density at radius 2 is 1.97 bits per heavy atom. The highest BCUT2D eigenvalue weighted by Crippen LogP contribution is 2.44. The molecule has 0 bridgehead atoms. The first-order valence-electron chi connectivity index (χ1n) is 10.1. The number of carbonyl (C=O) groups excluding carboxylic acids is 1. The summed E-state index contributed by atoms with van der Waals surface area (Å²) in [5, 5.41) is 0. The van der Waals surface area contributed by atoms with Crippen molar-refractivity contribution in [2.24, 2.45) is 0 Å². The Balaban J connectivity index is 1.51. The Kier molecular flexibility index (Phi) is 4.48. The molecule has 0 spiro atoms. The molecule has 3 aliphatic rings. The van der Waals surface area contributed by atoms with E-state index in [2.05, 4.69) is 0 Å². The number of fused-ring (bicyclic) bond motifs is 3. The van der Waals surface area contributed by atoms with Gasteiger partial charge in [0.05, 0.1) is 22.6 Å². The first kappa shape index (κ1) is 19.3. The number of sulfone groups is 1. The fourth-order valence-corrected chi connectivity index (χ4v) is 6.20. The molecular formula is C23H23NO5S. The van der Waals surface area contributed by atoms with Crippen LogP contribution in [0.4, 0.5) is 0 Å². The normalized spacial score (nSPS) is 23.7. The van der Waals surface area contributed by atoms with Gasteiger partial charge < -0.3 is 9.47 Å². The molecule has 30 heavy (non-hydrogen) atoms. The van der Waals surface area contributed by atoms with Gasteiger partial charge in [-0.25, -0.2) is 8.42 Å². The van der Waals surface area contributed by atoms with Crippen LogP contribution in [0.2, 0.25) is 0 Å². The Labute approximate surface area is 176 Å². The number of hydrogen-bond acceptors (Lipinski definition) is 6. The molecule has 6 nitrogen and oxygen atoms in total. The summed E-state index contributed by atoms with van der Waals surface area (Å²) in [6.07, 6.45) is 2.39. The van der Waals surface area contributed by atoms with Gasteiger partial charge in [0.25, 0.3) is 0 Å². The number of ketones is 1. The van der Waals surface area contributed by atoms with E-state index in [1.54, 1.807) is 6.08 Å². The molecule has 1 saturated heterocycles. The minimum atomic E-state index is -2.99. The summed E-state index contributed by atoms with van der Waals surface area (Å²) in [7, 11) is -2.99. The zero-order valence-electron chi connectivity index (χ0n) is 17.0. The van der Waals surface area contributed by atoms with Crippen LogP contribution in [0.5, 0.6) is 11.5 Å². The molecule has 1 fully saturated rings. The third kappa shape index (κ3) is 3.22. The lowest BCUT2D eigenvalue weighted by Crippen LogP contribution is -2.41. The lowest BCUT2D eigenvalue weighted by atomic mass is 9.98. The summed E-state index contributed by atoms with van der Waals surface area (Å²) >= 11 is 0.